The molecule has 0 atom stereocenters. The monoisotopic (exact) mass is 251 g/mol. The van der Waals surface area contributed by atoms with Crippen LogP contribution >= 0.6 is 0 Å². The molecule has 1 aliphatic carbocycles. The number of rotatable bonds is 5. The van der Waals surface area contributed by atoms with E-state index in [-0.39, 0.29) is 16.7 Å². The Balaban J connectivity index is 2.17. The molecule has 1 fully saturated rings. The maximum atomic E-state index is 13.7. The minimum Gasteiger partial charge on any atom is -0.478 e. The molecular weight excluding hydrogens is 233 g/mol. The van der Waals surface area contributed by atoms with Gasteiger partial charge in [-0.2, -0.15) is 0 Å². The zero-order valence-electron chi connectivity index (χ0n) is 10.7. The molecule has 1 aromatic carbocycles. The number of anilines is 1. The van der Waals surface area contributed by atoms with Gasteiger partial charge >= 0.3 is 5.97 Å². The van der Waals surface area contributed by atoms with Crippen molar-refractivity contribution in [3.05, 3.63) is 29.6 Å². The fourth-order valence-electron chi connectivity index (χ4n) is 2.27. The molecule has 18 heavy (non-hydrogen) atoms. The van der Waals surface area contributed by atoms with Crippen LogP contribution in [-0.4, -0.2) is 17.6 Å². The summed E-state index contributed by atoms with van der Waals surface area (Å²) in [6, 6.07) is 4.12. The van der Waals surface area contributed by atoms with Crippen molar-refractivity contribution in [2.45, 2.75) is 26.7 Å². The molecule has 0 unspecified atom stereocenters. The molecule has 0 aromatic heterocycles. The van der Waals surface area contributed by atoms with Crippen molar-refractivity contribution in [3.63, 3.8) is 0 Å². The van der Waals surface area contributed by atoms with Crippen LogP contribution in [0.2, 0.25) is 0 Å². The number of hydrogen-bond donors (Lipinski definition) is 2. The minimum atomic E-state index is -1.11. The van der Waals surface area contributed by atoms with Gasteiger partial charge in [0, 0.05) is 6.54 Å². The number of para-hydroxylation sites is 1. The van der Waals surface area contributed by atoms with Gasteiger partial charge in [-0.1, -0.05) is 19.9 Å². The Bertz CT molecular complexity index is 467. The number of halogens is 1. The molecule has 1 aliphatic rings. The zero-order chi connectivity index (χ0) is 13.3. The van der Waals surface area contributed by atoms with E-state index in [1.165, 1.54) is 18.2 Å². The summed E-state index contributed by atoms with van der Waals surface area (Å²) in [5.74, 6) is -1.09. The molecule has 98 valence electrons. The fourth-order valence-corrected chi connectivity index (χ4v) is 2.27. The third-order valence-corrected chi connectivity index (χ3v) is 3.98. The van der Waals surface area contributed by atoms with Crippen molar-refractivity contribution < 1.29 is 14.3 Å². The molecule has 2 N–H and O–H groups in total. The lowest BCUT2D eigenvalue weighted by atomic mass is 9.92. The molecule has 2 rings (SSSR count). The largest absolute Gasteiger partial charge is 0.478 e. The van der Waals surface area contributed by atoms with E-state index in [0.29, 0.717) is 12.5 Å². The maximum absolute atomic E-state index is 13.7. The Morgan fingerprint density at radius 1 is 1.50 bits per heavy atom. The van der Waals surface area contributed by atoms with Crippen molar-refractivity contribution >= 4 is 11.7 Å². The number of hydrogen-bond acceptors (Lipinski definition) is 2. The molecule has 3 nitrogen and oxygen atoms in total. The summed E-state index contributed by atoms with van der Waals surface area (Å²) < 4.78 is 13.7. The highest BCUT2D eigenvalue weighted by atomic mass is 19.1. The highest BCUT2D eigenvalue weighted by Crippen LogP contribution is 2.51. The molecule has 1 aromatic rings. The summed E-state index contributed by atoms with van der Waals surface area (Å²) in [5, 5.41) is 12.0. The van der Waals surface area contributed by atoms with Gasteiger partial charge in [0.15, 0.2) is 0 Å². The van der Waals surface area contributed by atoms with Crippen LogP contribution < -0.4 is 5.32 Å². The third kappa shape index (κ3) is 2.33. The smallest absolute Gasteiger partial charge is 0.337 e. The molecular formula is C14H18FNO2. The number of carboxylic acids is 1. The molecule has 0 aliphatic heterocycles. The first kappa shape index (κ1) is 12.9. The first-order valence-electron chi connectivity index (χ1n) is 6.22. The fraction of sp³-hybridized carbons (Fsp3) is 0.500. The average Bonchev–Trinajstić information content (AvgIpc) is 3.08. The average molecular weight is 251 g/mol. The summed E-state index contributed by atoms with van der Waals surface area (Å²) in [6.45, 7) is 4.92. The van der Waals surface area contributed by atoms with Gasteiger partial charge in [0.1, 0.15) is 5.82 Å². The Kier molecular flexibility index (Phi) is 3.28. The number of nitrogens with one attached hydrogen (secondary N) is 1. The number of aromatic carboxylic acids is 1. The van der Waals surface area contributed by atoms with E-state index in [9.17, 15) is 9.18 Å². The Labute approximate surface area is 106 Å². The van der Waals surface area contributed by atoms with Crippen LogP contribution in [0.25, 0.3) is 0 Å². The lowest BCUT2D eigenvalue weighted by Gasteiger charge is -2.21. The van der Waals surface area contributed by atoms with Gasteiger partial charge < -0.3 is 10.4 Å². The molecule has 0 spiro atoms. The SMILES string of the molecule is CC(C)C1(CNc2c(F)cccc2C(=O)O)CC1. The van der Waals surface area contributed by atoms with Crippen LogP contribution in [0.4, 0.5) is 10.1 Å². The van der Waals surface area contributed by atoms with E-state index in [1.807, 2.05) is 0 Å². The lowest BCUT2D eigenvalue weighted by molar-refractivity contribution is 0.0697. The van der Waals surface area contributed by atoms with E-state index >= 15 is 0 Å². The van der Waals surface area contributed by atoms with E-state index in [0.717, 1.165) is 12.8 Å². The highest BCUT2D eigenvalue weighted by Gasteiger charge is 2.45. The summed E-state index contributed by atoms with van der Waals surface area (Å²) >= 11 is 0. The van der Waals surface area contributed by atoms with Crippen LogP contribution in [0, 0.1) is 17.2 Å². The molecule has 0 radical (unpaired) electrons. The molecule has 0 amide bonds. The van der Waals surface area contributed by atoms with Gasteiger partial charge in [0.05, 0.1) is 11.3 Å². The lowest BCUT2D eigenvalue weighted by Crippen LogP contribution is -2.22. The summed E-state index contributed by atoms with van der Waals surface area (Å²) in [5.41, 5.74) is 0.310. The normalized spacial score (nSPS) is 16.7. The Morgan fingerprint density at radius 2 is 2.17 bits per heavy atom. The van der Waals surface area contributed by atoms with Crippen LogP contribution in [0.5, 0.6) is 0 Å². The van der Waals surface area contributed by atoms with Crippen molar-refractivity contribution in [3.8, 4) is 0 Å². The van der Waals surface area contributed by atoms with Crippen LogP contribution in [-0.2, 0) is 0 Å². The zero-order valence-corrected chi connectivity index (χ0v) is 10.7. The van der Waals surface area contributed by atoms with Crippen LogP contribution in [0.15, 0.2) is 18.2 Å². The summed E-state index contributed by atoms with van der Waals surface area (Å²) in [7, 11) is 0. The second-order valence-electron chi connectivity index (χ2n) is 5.34. The van der Waals surface area contributed by atoms with Crippen LogP contribution in [0.1, 0.15) is 37.0 Å². The standard InChI is InChI=1S/C14H18FNO2/c1-9(2)14(6-7-14)8-16-12-10(13(17)18)4-3-5-11(12)15/h3-5,9,16H,6-8H2,1-2H3,(H,17,18). The van der Waals surface area contributed by atoms with E-state index in [2.05, 4.69) is 19.2 Å². The topological polar surface area (TPSA) is 49.3 Å². The summed E-state index contributed by atoms with van der Waals surface area (Å²) in [6.07, 6.45) is 2.24. The van der Waals surface area contributed by atoms with E-state index < -0.39 is 11.8 Å². The van der Waals surface area contributed by atoms with Gasteiger partial charge in [0.25, 0.3) is 0 Å². The first-order chi connectivity index (χ1) is 8.46. The predicted octanol–water partition coefficient (Wildman–Crippen LogP) is 3.37. The number of benzene rings is 1. The van der Waals surface area contributed by atoms with Gasteiger partial charge in [-0.15, -0.1) is 0 Å². The van der Waals surface area contributed by atoms with Crippen LogP contribution in [0.3, 0.4) is 0 Å². The number of carbonyl (C=O) groups is 1. The maximum Gasteiger partial charge on any atom is 0.337 e. The van der Waals surface area contributed by atoms with Gasteiger partial charge in [-0.25, -0.2) is 9.18 Å². The van der Waals surface area contributed by atoms with Crippen molar-refractivity contribution in [2.24, 2.45) is 11.3 Å². The molecule has 4 heteroatoms. The Morgan fingerprint density at radius 3 is 2.67 bits per heavy atom. The molecule has 0 bridgehead atoms. The number of carboxylic acid groups (broad SMARTS) is 1. The van der Waals surface area contributed by atoms with Gasteiger partial charge in [-0.3, -0.25) is 0 Å². The Hall–Kier alpha value is -1.58. The van der Waals surface area contributed by atoms with E-state index in [4.69, 9.17) is 5.11 Å². The second kappa shape index (κ2) is 4.59. The predicted molar refractivity (Wildman–Crippen MR) is 68.4 cm³/mol. The first-order valence-corrected chi connectivity index (χ1v) is 6.22. The third-order valence-electron chi connectivity index (χ3n) is 3.98. The van der Waals surface area contributed by atoms with Gasteiger partial charge in [-0.05, 0) is 36.3 Å². The second-order valence-corrected chi connectivity index (χ2v) is 5.34. The molecule has 0 saturated heterocycles. The molecule has 1 saturated carbocycles. The highest BCUT2D eigenvalue weighted by molar-refractivity contribution is 5.94. The van der Waals surface area contributed by atoms with Crippen molar-refractivity contribution in [1.29, 1.82) is 0 Å². The molecule has 0 heterocycles. The van der Waals surface area contributed by atoms with Gasteiger partial charge in [0.2, 0.25) is 0 Å². The quantitative estimate of drug-likeness (QED) is 0.843. The minimum absolute atomic E-state index is 0.00504. The van der Waals surface area contributed by atoms with E-state index in [1.54, 1.807) is 0 Å². The van der Waals surface area contributed by atoms with Crippen molar-refractivity contribution in [2.75, 3.05) is 11.9 Å². The van der Waals surface area contributed by atoms with Crippen molar-refractivity contribution in [1.82, 2.24) is 0 Å². The summed E-state index contributed by atoms with van der Waals surface area (Å²) in [4.78, 5) is 11.0.